The first-order chi connectivity index (χ1) is 8.93. The second-order valence-electron chi connectivity index (χ2n) is 3.68. The van der Waals surface area contributed by atoms with Crippen LogP contribution in [0.4, 0.5) is 8.78 Å². The van der Waals surface area contributed by atoms with Gasteiger partial charge in [0.15, 0.2) is 0 Å². The fourth-order valence-electron chi connectivity index (χ4n) is 1.52. The van der Waals surface area contributed by atoms with Crippen molar-refractivity contribution in [2.75, 3.05) is 6.61 Å². The summed E-state index contributed by atoms with van der Waals surface area (Å²) in [7, 11) is 0. The van der Waals surface area contributed by atoms with E-state index in [1.54, 1.807) is 6.92 Å². The van der Waals surface area contributed by atoms with E-state index >= 15 is 0 Å². The molecule has 0 aliphatic heterocycles. The Morgan fingerprint density at radius 1 is 1.47 bits per heavy atom. The Balaban J connectivity index is 2.89. The molecule has 1 rings (SSSR count). The van der Waals surface area contributed by atoms with Crippen molar-refractivity contribution in [1.82, 2.24) is 0 Å². The number of halogens is 3. The standard InChI is InChI=1S/C12H14ClF2NO3/c1-2-18-11(17)6-9(16)8-5-7(13)3-4-10(8)19-12(14)15/h3-5,9,12H,2,6,16H2,1H3. The molecular formula is C12H14ClF2NO3. The van der Waals surface area contributed by atoms with E-state index in [1.165, 1.54) is 18.2 Å². The molecule has 1 aromatic rings. The maximum atomic E-state index is 12.3. The third-order valence-electron chi connectivity index (χ3n) is 2.28. The molecule has 0 amide bonds. The number of nitrogens with two attached hydrogens (primary N) is 1. The largest absolute Gasteiger partial charge is 0.466 e. The van der Waals surface area contributed by atoms with Crippen molar-refractivity contribution in [3.63, 3.8) is 0 Å². The second-order valence-corrected chi connectivity index (χ2v) is 4.11. The van der Waals surface area contributed by atoms with Gasteiger partial charge < -0.3 is 15.2 Å². The van der Waals surface area contributed by atoms with Crippen LogP contribution in [-0.4, -0.2) is 19.2 Å². The summed E-state index contributed by atoms with van der Waals surface area (Å²) in [6.07, 6.45) is -0.145. The van der Waals surface area contributed by atoms with Gasteiger partial charge in [-0.3, -0.25) is 4.79 Å². The van der Waals surface area contributed by atoms with Gasteiger partial charge in [0.1, 0.15) is 5.75 Å². The highest BCUT2D eigenvalue weighted by Crippen LogP contribution is 2.30. The average molecular weight is 294 g/mol. The molecule has 0 radical (unpaired) electrons. The van der Waals surface area contributed by atoms with Gasteiger partial charge in [-0.2, -0.15) is 8.78 Å². The van der Waals surface area contributed by atoms with Crippen LogP contribution in [0, 0.1) is 0 Å². The predicted molar refractivity (Wildman–Crippen MR) is 66.3 cm³/mol. The van der Waals surface area contributed by atoms with Crippen LogP contribution < -0.4 is 10.5 Å². The maximum Gasteiger partial charge on any atom is 0.387 e. The first-order valence-electron chi connectivity index (χ1n) is 5.59. The first kappa shape index (κ1) is 15.7. The lowest BCUT2D eigenvalue weighted by Crippen LogP contribution is -2.18. The van der Waals surface area contributed by atoms with E-state index in [1.807, 2.05) is 0 Å². The molecule has 1 atom stereocenters. The van der Waals surface area contributed by atoms with Crippen molar-refractivity contribution in [1.29, 1.82) is 0 Å². The highest BCUT2D eigenvalue weighted by Gasteiger charge is 2.19. The SMILES string of the molecule is CCOC(=O)CC(N)c1cc(Cl)ccc1OC(F)F. The fourth-order valence-corrected chi connectivity index (χ4v) is 1.70. The molecule has 4 nitrogen and oxygen atoms in total. The van der Waals surface area contributed by atoms with Crippen molar-refractivity contribution >= 4 is 17.6 Å². The smallest absolute Gasteiger partial charge is 0.387 e. The zero-order chi connectivity index (χ0) is 14.4. The number of benzene rings is 1. The van der Waals surface area contributed by atoms with Crippen molar-refractivity contribution in [2.45, 2.75) is 26.0 Å². The van der Waals surface area contributed by atoms with Crippen LogP contribution in [-0.2, 0) is 9.53 Å². The summed E-state index contributed by atoms with van der Waals surface area (Å²) < 4.78 is 33.6. The van der Waals surface area contributed by atoms with Gasteiger partial charge in [0, 0.05) is 16.6 Å². The molecule has 0 aliphatic rings. The number of rotatable bonds is 6. The van der Waals surface area contributed by atoms with E-state index in [-0.39, 0.29) is 24.3 Å². The summed E-state index contributed by atoms with van der Waals surface area (Å²) in [5, 5.41) is 0.316. The lowest BCUT2D eigenvalue weighted by Gasteiger charge is -2.16. The minimum atomic E-state index is -2.98. The highest BCUT2D eigenvalue weighted by molar-refractivity contribution is 6.30. The zero-order valence-corrected chi connectivity index (χ0v) is 11.0. The minimum absolute atomic E-state index is 0.101. The third-order valence-corrected chi connectivity index (χ3v) is 2.51. The number of carbonyl (C=O) groups is 1. The Morgan fingerprint density at radius 2 is 2.16 bits per heavy atom. The van der Waals surface area contributed by atoms with Gasteiger partial charge in [0.2, 0.25) is 0 Å². The molecule has 0 fully saturated rings. The van der Waals surface area contributed by atoms with Crippen molar-refractivity contribution in [3.05, 3.63) is 28.8 Å². The number of hydrogen-bond acceptors (Lipinski definition) is 4. The Morgan fingerprint density at radius 3 is 2.74 bits per heavy atom. The highest BCUT2D eigenvalue weighted by atomic mass is 35.5. The van der Waals surface area contributed by atoms with E-state index in [2.05, 4.69) is 4.74 Å². The number of ether oxygens (including phenoxy) is 2. The van der Waals surface area contributed by atoms with Crippen LogP contribution >= 0.6 is 11.6 Å². The molecule has 0 aliphatic carbocycles. The molecule has 19 heavy (non-hydrogen) atoms. The van der Waals surface area contributed by atoms with E-state index < -0.39 is 18.6 Å². The first-order valence-corrected chi connectivity index (χ1v) is 5.97. The minimum Gasteiger partial charge on any atom is -0.466 e. The molecular weight excluding hydrogens is 280 g/mol. The molecule has 1 aromatic carbocycles. The topological polar surface area (TPSA) is 61.5 Å². The normalized spacial score (nSPS) is 12.3. The third kappa shape index (κ3) is 5.00. The Hall–Kier alpha value is -1.40. The van der Waals surface area contributed by atoms with Gasteiger partial charge in [-0.05, 0) is 25.1 Å². The number of carbonyl (C=O) groups excluding carboxylic acids is 1. The monoisotopic (exact) mass is 293 g/mol. The van der Waals surface area contributed by atoms with Crippen LogP contribution in [0.5, 0.6) is 5.75 Å². The summed E-state index contributed by atoms with van der Waals surface area (Å²) in [4.78, 5) is 11.3. The zero-order valence-electron chi connectivity index (χ0n) is 10.2. The average Bonchev–Trinajstić information content (AvgIpc) is 2.31. The molecule has 7 heteroatoms. The quantitative estimate of drug-likeness (QED) is 0.819. The van der Waals surface area contributed by atoms with Crippen LogP contribution in [0.2, 0.25) is 5.02 Å². The maximum absolute atomic E-state index is 12.3. The van der Waals surface area contributed by atoms with Gasteiger partial charge in [-0.25, -0.2) is 0 Å². The lowest BCUT2D eigenvalue weighted by atomic mass is 10.0. The summed E-state index contributed by atoms with van der Waals surface area (Å²) >= 11 is 5.78. The molecule has 2 N–H and O–H groups in total. The summed E-state index contributed by atoms with van der Waals surface area (Å²) in [6.45, 7) is -1.09. The van der Waals surface area contributed by atoms with E-state index in [9.17, 15) is 13.6 Å². The van der Waals surface area contributed by atoms with Gasteiger partial charge in [0.05, 0.1) is 13.0 Å². The Labute approximate surface area is 114 Å². The Kier molecular flexibility index (Phi) is 5.98. The van der Waals surface area contributed by atoms with Crippen LogP contribution in [0.3, 0.4) is 0 Å². The van der Waals surface area contributed by atoms with E-state index in [0.29, 0.717) is 5.02 Å². The second kappa shape index (κ2) is 7.25. The van der Waals surface area contributed by atoms with Gasteiger partial charge in [0.25, 0.3) is 0 Å². The van der Waals surface area contributed by atoms with Gasteiger partial charge in [-0.1, -0.05) is 11.6 Å². The molecule has 0 saturated heterocycles. The molecule has 0 spiro atoms. The van der Waals surface area contributed by atoms with Crippen molar-refractivity contribution in [2.24, 2.45) is 5.73 Å². The molecule has 106 valence electrons. The Bertz CT molecular complexity index is 443. The molecule has 0 bridgehead atoms. The van der Waals surface area contributed by atoms with Crippen LogP contribution in [0.25, 0.3) is 0 Å². The molecule has 1 unspecified atom stereocenters. The summed E-state index contributed by atoms with van der Waals surface area (Å²) in [5.74, 6) is -0.617. The fraction of sp³-hybridized carbons (Fsp3) is 0.417. The predicted octanol–water partition coefficient (Wildman–Crippen LogP) is 2.89. The van der Waals surface area contributed by atoms with Crippen molar-refractivity contribution < 1.29 is 23.0 Å². The van der Waals surface area contributed by atoms with Gasteiger partial charge in [-0.15, -0.1) is 0 Å². The van der Waals surface area contributed by atoms with Crippen molar-refractivity contribution in [3.8, 4) is 5.75 Å². The number of esters is 1. The molecule has 0 saturated carbocycles. The van der Waals surface area contributed by atoms with Gasteiger partial charge >= 0.3 is 12.6 Å². The van der Waals surface area contributed by atoms with Crippen LogP contribution in [0.15, 0.2) is 18.2 Å². The number of alkyl halides is 2. The van der Waals surface area contributed by atoms with E-state index in [4.69, 9.17) is 22.1 Å². The van der Waals surface area contributed by atoms with E-state index in [0.717, 1.165) is 0 Å². The molecule has 0 aromatic heterocycles. The molecule has 0 heterocycles. The lowest BCUT2D eigenvalue weighted by molar-refractivity contribution is -0.143. The summed E-state index contributed by atoms with van der Waals surface area (Å²) in [6, 6.07) is 3.25. The number of hydrogen-bond donors (Lipinski definition) is 1. The summed E-state index contributed by atoms with van der Waals surface area (Å²) in [5.41, 5.74) is 6.02. The van der Waals surface area contributed by atoms with Crippen LogP contribution in [0.1, 0.15) is 24.9 Å².